The molecule has 0 radical (unpaired) electrons. The molecule has 0 spiro atoms. The number of hydrogen-bond acceptors (Lipinski definition) is 18. The van der Waals surface area contributed by atoms with Crippen LogP contribution in [0.5, 0.6) is 0 Å². The van der Waals surface area contributed by atoms with E-state index in [9.17, 15) is 14.4 Å². The highest BCUT2D eigenvalue weighted by Gasteiger charge is 2.32. The first kappa shape index (κ1) is 49.1. The molecule has 0 aromatic rings. The normalized spacial score (nSPS) is 13.1. The van der Waals surface area contributed by atoms with E-state index in [1.807, 2.05) is 0 Å². The summed E-state index contributed by atoms with van der Waals surface area (Å²) in [7, 11) is 1.64. The lowest BCUT2D eigenvalue weighted by molar-refractivity contribution is -0.198. The molecule has 1 heterocycles. The van der Waals surface area contributed by atoms with Gasteiger partial charge in [-0.3, -0.25) is 9.59 Å². The molecule has 0 N–H and O–H groups in total. The van der Waals surface area contributed by atoms with Crippen molar-refractivity contribution in [3.63, 3.8) is 0 Å². The number of carbonyl (C=O) groups excluding carboxylic acids is 3. The van der Waals surface area contributed by atoms with Crippen LogP contribution >= 0.6 is 0 Å². The van der Waals surface area contributed by atoms with Crippen molar-refractivity contribution in [2.45, 2.75) is 19.3 Å². The van der Waals surface area contributed by atoms with Crippen LogP contribution in [0.4, 0.5) is 0 Å². The van der Waals surface area contributed by atoms with Gasteiger partial charge in [-0.2, -0.15) is 0 Å². The molecule has 1 rings (SSSR count). The van der Waals surface area contributed by atoms with Crippen LogP contribution in [0.15, 0.2) is 0 Å². The highest BCUT2D eigenvalue weighted by atomic mass is 16.7. The molecule has 0 bridgehead atoms. The van der Waals surface area contributed by atoms with Gasteiger partial charge >= 0.3 is 5.97 Å². The summed E-state index contributed by atoms with van der Waals surface area (Å²) in [5, 5.41) is 0.518. The average molecular weight is 774 g/mol. The molecule has 53 heavy (non-hydrogen) atoms. The van der Waals surface area contributed by atoms with Crippen molar-refractivity contribution in [1.82, 2.24) is 5.06 Å². The van der Waals surface area contributed by atoms with Crippen molar-refractivity contribution >= 4 is 17.8 Å². The number of imide groups is 1. The first-order valence-electron chi connectivity index (χ1n) is 18.2. The molecule has 1 aliphatic heterocycles. The highest BCUT2D eigenvalue weighted by Crippen LogP contribution is 2.12. The monoisotopic (exact) mass is 773 g/mol. The molecule has 0 atom stereocenters. The molecule has 0 aliphatic carbocycles. The summed E-state index contributed by atoms with van der Waals surface area (Å²) in [5.74, 6) is -1.72. The minimum absolute atomic E-state index is 0.0576. The quantitative estimate of drug-likeness (QED) is 0.0586. The lowest BCUT2D eigenvalue weighted by Gasteiger charge is -2.12. The van der Waals surface area contributed by atoms with Gasteiger partial charge in [0.05, 0.1) is 185 Å². The van der Waals surface area contributed by atoms with Gasteiger partial charge in [0.25, 0.3) is 11.8 Å². The molecule has 19 heteroatoms. The largest absolute Gasteiger partial charge is 0.382 e. The summed E-state index contributed by atoms with van der Waals surface area (Å²) in [6, 6.07) is 0. The Labute approximate surface area is 313 Å². The number of amides is 2. The molecular weight excluding hydrogens is 710 g/mol. The number of hydrogen-bond donors (Lipinski definition) is 0. The third kappa shape index (κ3) is 34.3. The lowest BCUT2D eigenvalue weighted by atomic mass is 10.4. The van der Waals surface area contributed by atoms with Gasteiger partial charge in [-0.25, -0.2) is 4.79 Å². The molecular formula is C34H63NO18. The van der Waals surface area contributed by atoms with Crippen LogP contribution in [0.2, 0.25) is 0 Å². The topological polar surface area (TPSA) is 193 Å². The number of carbonyl (C=O) groups is 3. The van der Waals surface area contributed by atoms with E-state index in [1.165, 1.54) is 0 Å². The maximum Gasteiger partial charge on any atom is 0.335 e. The van der Waals surface area contributed by atoms with Crippen LogP contribution in [0.3, 0.4) is 0 Å². The Morgan fingerprint density at radius 1 is 0.377 bits per heavy atom. The third-order valence-electron chi connectivity index (χ3n) is 6.55. The summed E-state index contributed by atoms with van der Waals surface area (Å²) in [5.41, 5.74) is 0. The molecule has 312 valence electrons. The summed E-state index contributed by atoms with van der Waals surface area (Å²) < 4.78 is 75.4. The van der Waals surface area contributed by atoms with Crippen LogP contribution < -0.4 is 0 Å². The molecule has 2 amide bonds. The van der Waals surface area contributed by atoms with Crippen molar-refractivity contribution in [3.05, 3.63) is 0 Å². The predicted octanol–water partition coefficient (Wildman–Crippen LogP) is -0.154. The maximum absolute atomic E-state index is 11.7. The Balaban J connectivity index is 1.63. The Morgan fingerprint density at radius 2 is 0.585 bits per heavy atom. The van der Waals surface area contributed by atoms with Gasteiger partial charge in [0, 0.05) is 20.0 Å². The Morgan fingerprint density at radius 3 is 0.811 bits per heavy atom. The number of rotatable bonds is 43. The summed E-state index contributed by atoms with van der Waals surface area (Å²) in [6.07, 6.45) is 0.0396. The maximum atomic E-state index is 11.7. The summed E-state index contributed by atoms with van der Waals surface area (Å²) in [4.78, 5) is 39.2. The zero-order chi connectivity index (χ0) is 38.1. The second kappa shape index (κ2) is 39.7. The minimum Gasteiger partial charge on any atom is -0.382 e. The van der Waals surface area contributed by atoms with Gasteiger partial charge in [0.1, 0.15) is 0 Å². The molecule has 1 aliphatic rings. The number of ether oxygens (including phenoxy) is 14. The second-order valence-corrected chi connectivity index (χ2v) is 10.7. The second-order valence-electron chi connectivity index (χ2n) is 10.7. The van der Waals surface area contributed by atoms with Gasteiger partial charge < -0.3 is 71.2 Å². The zero-order valence-corrected chi connectivity index (χ0v) is 31.5. The Bertz CT molecular complexity index is 825. The standard InChI is InChI=1S/C34H63NO18/c1-39-6-7-41-10-11-43-14-15-45-18-19-47-22-23-49-26-27-51-30-31-52-29-28-50-25-24-48-21-20-46-17-16-44-13-12-42-9-8-40-5-4-34(38)53-35-32(36)2-3-33(35)37/h2-31H2,1H3. The SMILES string of the molecule is COCCOCCOCCOCCOCCOCCOCCOCCOCCOCCOCCOCCOCCOCCC(=O)ON1C(=O)CCC1=O. The minimum atomic E-state index is -0.700. The molecule has 0 aromatic heterocycles. The van der Waals surface area contributed by atoms with E-state index >= 15 is 0 Å². The number of hydroxylamine groups is 2. The van der Waals surface area contributed by atoms with Gasteiger partial charge in [0.2, 0.25) is 0 Å². The Kier molecular flexibility index (Phi) is 36.8. The van der Waals surface area contributed by atoms with E-state index < -0.39 is 17.8 Å². The van der Waals surface area contributed by atoms with Crippen LogP contribution in [0.1, 0.15) is 19.3 Å². The van der Waals surface area contributed by atoms with E-state index in [0.717, 1.165) is 0 Å². The van der Waals surface area contributed by atoms with Gasteiger partial charge in [-0.1, -0.05) is 0 Å². The zero-order valence-electron chi connectivity index (χ0n) is 31.5. The molecule has 0 aromatic carbocycles. The molecule has 1 saturated heterocycles. The van der Waals surface area contributed by atoms with Crippen molar-refractivity contribution in [2.24, 2.45) is 0 Å². The fraction of sp³-hybridized carbons (Fsp3) is 0.912. The number of nitrogens with zero attached hydrogens (tertiary/aromatic N) is 1. The van der Waals surface area contributed by atoms with Gasteiger partial charge in [-0.05, 0) is 0 Å². The Hall–Kier alpha value is -1.95. The summed E-state index contributed by atoms with van der Waals surface area (Å²) in [6.45, 7) is 12.5. The fourth-order valence-electron chi connectivity index (χ4n) is 3.84. The van der Waals surface area contributed by atoms with Crippen LogP contribution in [-0.4, -0.2) is 208 Å². The summed E-state index contributed by atoms with van der Waals surface area (Å²) >= 11 is 0. The van der Waals surface area contributed by atoms with Crippen molar-refractivity contribution in [3.8, 4) is 0 Å². The predicted molar refractivity (Wildman–Crippen MR) is 184 cm³/mol. The molecule has 1 fully saturated rings. The van der Waals surface area contributed by atoms with Crippen molar-refractivity contribution in [1.29, 1.82) is 0 Å². The first-order valence-corrected chi connectivity index (χ1v) is 18.2. The van der Waals surface area contributed by atoms with E-state index in [4.69, 9.17) is 71.2 Å². The van der Waals surface area contributed by atoms with Crippen LogP contribution in [0.25, 0.3) is 0 Å². The van der Waals surface area contributed by atoms with Gasteiger partial charge in [0.15, 0.2) is 0 Å². The van der Waals surface area contributed by atoms with Gasteiger partial charge in [-0.15, -0.1) is 5.06 Å². The van der Waals surface area contributed by atoms with E-state index in [0.29, 0.717) is 170 Å². The van der Waals surface area contributed by atoms with E-state index in [1.54, 1.807) is 7.11 Å². The van der Waals surface area contributed by atoms with Crippen molar-refractivity contribution in [2.75, 3.05) is 185 Å². The van der Waals surface area contributed by atoms with E-state index in [2.05, 4.69) is 0 Å². The smallest absolute Gasteiger partial charge is 0.335 e. The van der Waals surface area contributed by atoms with Crippen LogP contribution in [-0.2, 0) is 85.5 Å². The fourth-order valence-corrected chi connectivity index (χ4v) is 3.84. The van der Waals surface area contributed by atoms with Crippen LogP contribution in [0, 0.1) is 0 Å². The highest BCUT2D eigenvalue weighted by molar-refractivity contribution is 6.01. The molecule has 0 unspecified atom stereocenters. The lowest BCUT2D eigenvalue weighted by Crippen LogP contribution is -2.32. The van der Waals surface area contributed by atoms with Crippen molar-refractivity contribution < 1.29 is 85.5 Å². The third-order valence-corrected chi connectivity index (χ3v) is 6.55. The molecule has 0 saturated carbocycles. The average Bonchev–Trinajstić information content (AvgIpc) is 3.47. The first-order chi connectivity index (χ1) is 26.1. The number of methoxy groups -OCH3 is 1. The van der Waals surface area contributed by atoms with E-state index in [-0.39, 0.29) is 32.5 Å². The molecule has 19 nitrogen and oxygen atoms in total.